The SMILES string of the molecule is COc1ccc(OC)c(NC(=O)COC(=O)Cn2nc(-c3ccccc3)oc2=O)c1. The Morgan fingerprint density at radius 1 is 1.10 bits per heavy atom. The average molecular weight is 413 g/mol. The Kier molecular flexibility index (Phi) is 6.48. The number of rotatable bonds is 8. The van der Waals surface area contributed by atoms with Crippen LogP contribution in [-0.2, 0) is 20.9 Å². The van der Waals surface area contributed by atoms with Gasteiger partial charge in [0.15, 0.2) is 6.61 Å². The average Bonchev–Trinajstić information content (AvgIpc) is 3.13. The van der Waals surface area contributed by atoms with Gasteiger partial charge in [-0.3, -0.25) is 9.59 Å². The summed E-state index contributed by atoms with van der Waals surface area (Å²) < 4.78 is 21.1. The summed E-state index contributed by atoms with van der Waals surface area (Å²) in [7, 11) is 2.95. The van der Waals surface area contributed by atoms with Gasteiger partial charge in [-0.2, -0.15) is 4.68 Å². The van der Waals surface area contributed by atoms with Crippen molar-refractivity contribution in [3.8, 4) is 23.0 Å². The van der Waals surface area contributed by atoms with Crippen molar-refractivity contribution in [1.82, 2.24) is 9.78 Å². The molecule has 0 spiro atoms. The molecule has 0 saturated carbocycles. The second kappa shape index (κ2) is 9.41. The molecule has 2 aromatic carbocycles. The molecule has 3 aromatic rings. The molecular weight excluding hydrogens is 394 g/mol. The topological polar surface area (TPSA) is 122 Å². The summed E-state index contributed by atoms with van der Waals surface area (Å²) in [5.41, 5.74) is 0.950. The van der Waals surface area contributed by atoms with Crippen LogP contribution in [-0.4, -0.2) is 42.5 Å². The van der Waals surface area contributed by atoms with E-state index >= 15 is 0 Å². The minimum atomic E-state index is -0.822. The number of esters is 1. The molecule has 0 unspecified atom stereocenters. The van der Waals surface area contributed by atoms with Crippen LogP contribution in [0.25, 0.3) is 11.5 Å². The third kappa shape index (κ3) is 5.04. The lowest BCUT2D eigenvalue weighted by Gasteiger charge is -2.11. The molecule has 30 heavy (non-hydrogen) atoms. The van der Waals surface area contributed by atoms with Crippen molar-refractivity contribution in [2.75, 3.05) is 26.1 Å². The Balaban J connectivity index is 1.57. The second-order valence-corrected chi connectivity index (χ2v) is 5.97. The molecule has 0 atom stereocenters. The maximum atomic E-state index is 12.1. The van der Waals surface area contributed by atoms with Crippen LogP contribution in [0.4, 0.5) is 5.69 Å². The standard InChI is InChI=1S/C20H19N3O7/c1-27-14-8-9-16(28-2)15(10-14)21-17(24)12-29-18(25)11-23-20(26)30-19(22-23)13-6-4-3-5-7-13/h3-10H,11-12H2,1-2H3,(H,21,24). The summed E-state index contributed by atoms with van der Waals surface area (Å²) in [5.74, 6) is -1.21. The van der Waals surface area contributed by atoms with Crippen molar-refractivity contribution < 1.29 is 28.2 Å². The van der Waals surface area contributed by atoms with Crippen LogP contribution in [0.5, 0.6) is 11.5 Å². The van der Waals surface area contributed by atoms with Crippen molar-refractivity contribution in [2.45, 2.75) is 6.54 Å². The lowest BCUT2D eigenvalue weighted by Crippen LogP contribution is -2.26. The molecular formula is C20H19N3O7. The van der Waals surface area contributed by atoms with E-state index in [4.69, 9.17) is 18.6 Å². The van der Waals surface area contributed by atoms with E-state index in [0.717, 1.165) is 4.68 Å². The highest BCUT2D eigenvalue weighted by molar-refractivity contribution is 5.94. The lowest BCUT2D eigenvalue weighted by atomic mass is 10.2. The third-order valence-electron chi connectivity index (χ3n) is 3.95. The third-order valence-corrected chi connectivity index (χ3v) is 3.95. The van der Waals surface area contributed by atoms with Crippen molar-refractivity contribution in [1.29, 1.82) is 0 Å². The van der Waals surface area contributed by atoms with Crippen molar-refractivity contribution >= 4 is 17.6 Å². The Labute approximate surface area is 171 Å². The normalized spacial score (nSPS) is 10.3. The van der Waals surface area contributed by atoms with Gasteiger partial charge in [0, 0.05) is 11.6 Å². The van der Waals surface area contributed by atoms with Gasteiger partial charge < -0.3 is 23.9 Å². The van der Waals surface area contributed by atoms with Gasteiger partial charge in [0.25, 0.3) is 5.91 Å². The van der Waals surface area contributed by atoms with Gasteiger partial charge in [0.1, 0.15) is 18.0 Å². The highest BCUT2D eigenvalue weighted by Crippen LogP contribution is 2.28. The summed E-state index contributed by atoms with van der Waals surface area (Å²) in [6.07, 6.45) is 0. The summed E-state index contributed by atoms with van der Waals surface area (Å²) in [5, 5.41) is 6.53. The number of anilines is 1. The van der Waals surface area contributed by atoms with Crippen LogP contribution in [0.3, 0.4) is 0 Å². The molecule has 10 heteroatoms. The number of amides is 1. The Bertz CT molecular complexity index is 1090. The molecule has 0 aliphatic carbocycles. The number of carbonyl (C=O) groups excluding carboxylic acids is 2. The molecule has 0 bridgehead atoms. The van der Waals surface area contributed by atoms with E-state index in [9.17, 15) is 14.4 Å². The van der Waals surface area contributed by atoms with Gasteiger partial charge in [0.2, 0.25) is 5.89 Å². The van der Waals surface area contributed by atoms with E-state index in [-0.39, 0.29) is 5.89 Å². The zero-order valence-corrected chi connectivity index (χ0v) is 16.3. The number of nitrogens with one attached hydrogen (secondary N) is 1. The first kappa shape index (κ1) is 20.6. The maximum absolute atomic E-state index is 12.1. The summed E-state index contributed by atoms with van der Waals surface area (Å²) >= 11 is 0. The molecule has 3 rings (SSSR count). The predicted octanol–water partition coefficient (Wildman–Crippen LogP) is 1.70. The number of methoxy groups -OCH3 is 2. The highest BCUT2D eigenvalue weighted by Gasteiger charge is 2.16. The minimum Gasteiger partial charge on any atom is -0.497 e. The van der Waals surface area contributed by atoms with Gasteiger partial charge in [0.05, 0.1) is 19.9 Å². The fourth-order valence-electron chi connectivity index (χ4n) is 2.52. The monoisotopic (exact) mass is 413 g/mol. The maximum Gasteiger partial charge on any atom is 0.437 e. The highest BCUT2D eigenvalue weighted by atomic mass is 16.5. The number of nitrogens with zero attached hydrogens (tertiary/aromatic N) is 2. The summed E-state index contributed by atoms with van der Waals surface area (Å²) in [6.45, 7) is -1.05. The van der Waals surface area contributed by atoms with E-state index in [0.29, 0.717) is 22.7 Å². The van der Waals surface area contributed by atoms with E-state index in [2.05, 4.69) is 10.4 Å². The van der Waals surface area contributed by atoms with Gasteiger partial charge >= 0.3 is 11.7 Å². The molecule has 1 amide bonds. The Hall–Kier alpha value is -4.08. The molecule has 1 aromatic heterocycles. The Morgan fingerprint density at radius 2 is 1.87 bits per heavy atom. The molecule has 0 aliphatic heterocycles. The smallest absolute Gasteiger partial charge is 0.437 e. The van der Waals surface area contributed by atoms with Gasteiger partial charge in [-0.15, -0.1) is 5.10 Å². The molecule has 1 heterocycles. The minimum absolute atomic E-state index is 0.0799. The predicted molar refractivity (Wildman–Crippen MR) is 105 cm³/mol. The summed E-state index contributed by atoms with van der Waals surface area (Å²) in [6, 6.07) is 13.6. The zero-order valence-electron chi connectivity index (χ0n) is 16.3. The fraction of sp³-hybridized carbons (Fsp3) is 0.200. The number of aromatic nitrogens is 2. The van der Waals surface area contributed by atoms with Crippen molar-refractivity contribution in [3.63, 3.8) is 0 Å². The molecule has 0 radical (unpaired) electrons. The van der Waals surface area contributed by atoms with Crippen LogP contribution >= 0.6 is 0 Å². The van der Waals surface area contributed by atoms with E-state index in [1.54, 1.807) is 42.5 Å². The van der Waals surface area contributed by atoms with Crippen LogP contribution in [0, 0.1) is 0 Å². The fourth-order valence-corrected chi connectivity index (χ4v) is 2.52. The molecule has 156 valence electrons. The molecule has 1 N–H and O–H groups in total. The zero-order chi connectivity index (χ0) is 21.5. The largest absolute Gasteiger partial charge is 0.497 e. The first-order valence-corrected chi connectivity index (χ1v) is 8.81. The first-order valence-electron chi connectivity index (χ1n) is 8.81. The quantitative estimate of drug-likeness (QED) is 0.554. The van der Waals surface area contributed by atoms with Crippen molar-refractivity contribution in [2.24, 2.45) is 0 Å². The number of hydrogen-bond donors (Lipinski definition) is 1. The number of ether oxygens (including phenoxy) is 3. The van der Waals surface area contributed by atoms with E-state index in [1.807, 2.05) is 6.07 Å². The lowest BCUT2D eigenvalue weighted by molar-refractivity contribution is -0.148. The number of hydrogen-bond acceptors (Lipinski definition) is 8. The van der Waals surface area contributed by atoms with Crippen molar-refractivity contribution in [3.05, 3.63) is 59.1 Å². The van der Waals surface area contributed by atoms with Crippen LogP contribution < -0.4 is 20.5 Å². The van der Waals surface area contributed by atoms with Gasteiger partial charge in [-0.05, 0) is 24.3 Å². The molecule has 0 saturated heterocycles. The molecule has 0 fully saturated rings. The van der Waals surface area contributed by atoms with E-state index < -0.39 is 30.8 Å². The molecule has 10 nitrogen and oxygen atoms in total. The van der Waals surface area contributed by atoms with Crippen LogP contribution in [0.2, 0.25) is 0 Å². The van der Waals surface area contributed by atoms with Gasteiger partial charge in [-0.1, -0.05) is 18.2 Å². The van der Waals surface area contributed by atoms with Gasteiger partial charge in [-0.25, -0.2) is 4.79 Å². The molecule has 0 aliphatic rings. The second-order valence-electron chi connectivity index (χ2n) is 5.97. The van der Waals surface area contributed by atoms with E-state index in [1.165, 1.54) is 14.2 Å². The van der Waals surface area contributed by atoms with Crippen LogP contribution in [0.1, 0.15) is 0 Å². The number of benzene rings is 2. The Morgan fingerprint density at radius 3 is 2.57 bits per heavy atom. The van der Waals surface area contributed by atoms with Crippen LogP contribution in [0.15, 0.2) is 57.7 Å². The summed E-state index contributed by atoms with van der Waals surface area (Å²) in [4.78, 5) is 36.0. The first-order chi connectivity index (χ1) is 14.5. The number of carbonyl (C=O) groups is 2.